The Morgan fingerprint density at radius 3 is 1.31 bits per heavy atom. The molecule has 0 aliphatic heterocycles. The summed E-state index contributed by atoms with van der Waals surface area (Å²) in [5, 5.41) is 21.5. The number of aromatic nitrogens is 3. The summed E-state index contributed by atoms with van der Waals surface area (Å²) in [5.74, 6) is -0.252. The minimum Gasteiger partial charge on any atom is -0.504 e. The first-order valence-corrected chi connectivity index (χ1v) is 30.3. The molecule has 3 heterocycles. The number of phenolic OH excluding ortho intramolecular Hbond substituents is 2. The first-order chi connectivity index (χ1) is 25.9. The van der Waals surface area contributed by atoms with E-state index in [4.69, 9.17) is 10.1 Å². The summed E-state index contributed by atoms with van der Waals surface area (Å²) < 4.78 is 8.33. The molecule has 0 fully saturated rings. The molecule has 6 aromatic rings. The van der Waals surface area contributed by atoms with Crippen molar-refractivity contribution in [2.24, 2.45) is 0 Å². The van der Waals surface area contributed by atoms with Gasteiger partial charge in [-0.05, 0) is 81.1 Å². The second kappa shape index (κ2) is 22.0. The topological polar surface area (TPSA) is 79.1 Å². The molecule has 0 saturated heterocycles. The molecule has 0 saturated carbocycles. The van der Waals surface area contributed by atoms with E-state index in [1.54, 1.807) is 26.5 Å². The van der Waals surface area contributed by atoms with Crippen molar-refractivity contribution < 1.29 is 10.2 Å². The fraction of sp³-hybridized carbons (Fsp3) is 0.372. The van der Waals surface area contributed by atoms with Crippen molar-refractivity contribution in [3.8, 4) is 43.2 Å². The summed E-state index contributed by atoms with van der Waals surface area (Å²) in [7, 11) is 0. The fourth-order valence-corrected chi connectivity index (χ4v) is 28.2. The van der Waals surface area contributed by atoms with Crippen LogP contribution in [0.3, 0.4) is 0 Å². The summed E-state index contributed by atoms with van der Waals surface area (Å²) >= 11 is 9.58. The molecule has 0 bridgehead atoms. The zero-order chi connectivity index (χ0) is 39.3. The van der Waals surface area contributed by atoms with Crippen LogP contribution in [0.5, 0.6) is 11.5 Å². The van der Waals surface area contributed by atoms with E-state index >= 15 is 0 Å². The Kier molecular flexibility index (Phi) is 18.2. The Morgan fingerprint density at radius 2 is 0.926 bits per heavy atom. The van der Waals surface area contributed by atoms with Gasteiger partial charge in [0, 0.05) is 11.1 Å². The maximum absolute atomic E-state index is 9.28. The summed E-state index contributed by atoms with van der Waals surface area (Å²) in [6.07, 6.45) is 14.1. The number of hydrogen-bond acceptors (Lipinski definition) is 8. The molecule has 288 valence electrons. The first kappa shape index (κ1) is 44.6. The Labute approximate surface area is 355 Å². The largest absolute Gasteiger partial charge is 0.504 e. The molecule has 0 aliphatic rings. The third-order valence-corrected chi connectivity index (χ3v) is 32.0. The molecule has 54 heavy (non-hydrogen) atoms. The Hall–Kier alpha value is -2.09. The van der Waals surface area contributed by atoms with E-state index in [2.05, 4.69) is 133 Å². The van der Waals surface area contributed by atoms with E-state index in [1.807, 2.05) is 17.5 Å². The maximum Gasteiger partial charge on any atom is 0.158 e. The van der Waals surface area contributed by atoms with E-state index in [-0.39, 0.29) is 11.5 Å². The third-order valence-electron chi connectivity index (χ3n) is 9.74. The van der Waals surface area contributed by atoms with Gasteiger partial charge in [0.25, 0.3) is 0 Å². The van der Waals surface area contributed by atoms with E-state index in [1.165, 1.54) is 114 Å². The van der Waals surface area contributed by atoms with Crippen molar-refractivity contribution in [3.63, 3.8) is 0 Å². The average molecular weight is 1020 g/mol. The first-order valence-electron chi connectivity index (χ1n) is 18.8. The summed E-state index contributed by atoms with van der Waals surface area (Å²) in [4.78, 5) is 13.4. The van der Waals surface area contributed by atoms with Crippen LogP contribution in [0.2, 0.25) is 13.3 Å². The predicted molar refractivity (Wildman–Crippen MR) is 245 cm³/mol. The van der Waals surface area contributed by atoms with Gasteiger partial charge in [0.15, 0.2) is 11.5 Å². The molecule has 11 heteroatoms. The molecule has 5 nitrogen and oxygen atoms in total. The van der Waals surface area contributed by atoms with Gasteiger partial charge in [0.1, 0.15) is 10.0 Å². The number of rotatable bonds is 13. The molecule has 2 N–H and O–H groups in total. The molecule has 0 spiro atoms. The van der Waals surface area contributed by atoms with Crippen LogP contribution >= 0.6 is 65.9 Å². The number of phenols is 2. The number of thiazole rings is 3. The minimum atomic E-state index is -2.32. The zero-order valence-electron chi connectivity index (χ0n) is 32.5. The van der Waals surface area contributed by atoms with Gasteiger partial charge in [0.2, 0.25) is 0 Å². The van der Waals surface area contributed by atoms with Gasteiger partial charge in [0.05, 0.1) is 20.0 Å². The van der Waals surface area contributed by atoms with Gasteiger partial charge >= 0.3 is 170 Å². The molecule has 3 aromatic carbocycles. The molecule has 3 aromatic heterocycles. The van der Waals surface area contributed by atoms with Crippen molar-refractivity contribution in [2.75, 3.05) is 0 Å². The van der Waals surface area contributed by atoms with E-state index in [0.717, 1.165) is 23.2 Å². The number of benzene rings is 3. The normalized spacial score (nSPS) is 11.1. The van der Waals surface area contributed by atoms with Crippen molar-refractivity contribution in [2.45, 2.75) is 100 Å². The molecule has 0 aliphatic carbocycles. The fourth-order valence-electron chi connectivity index (χ4n) is 6.12. The van der Waals surface area contributed by atoms with Crippen molar-refractivity contribution in [1.82, 2.24) is 15.0 Å². The number of unbranched alkanes of at least 4 members (excludes halogenated alkanes) is 3. The number of nitrogens with zero attached hydrogens (tertiary/aromatic N) is 3. The molecular weight excluding hydrogens is 965 g/mol. The van der Waals surface area contributed by atoms with Crippen LogP contribution in [0, 0.1) is 27.7 Å². The molecule has 6 rings (SSSR count). The summed E-state index contributed by atoms with van der Waals surface area (Å²) in [5.41, 5.74) is 8.67. The quantitative estimate of drug-likeness (QED) is 0.0890. The Balaban J connectivity index is 0.000000195. The average Bonchev–Trinajstić information content (AvgIpc) is 3.94. The third kappa shape index (κ3) is 12.7. The maximum atomic E-state index is 9.28. The van der Waals surface area contributed by atoms with Gasteiger partial charge in [-0.2, -0.15) is 0 Å². The van der Waals surface area contributed by atoms with Crippen LogP contribution in [-0.4, -0.2) is 43.5 Å². The van der Waals surface area contributed by atoms with Gasteiger partial charge in [-0.25, -0.2) is 9.97 Å². The van der Waals surface area contributed by atoms with Crippen molar-refractivity contribution in [1.29, 1.82) is 0 Å². The molecule has 0 atom stereocenters. The molecule has 0 unspecified atom stereocenters. The van der Waals surface area contributed by atoms with E-state index < -0.39 is 18.4 Å². The molecule has 0 radical (unpaired) electrons. The number of aromatic hydroxyl groups is 2. The van der Waals surface area contributed by atoms with Crippen LogP contribution in [-0.2, 0) is 0 Å². The van der Waals surface area contributed by atoms with Crippen LogP contribution in [0.1, 0.15) is 81.5 Å². The standard InChI is InChI=1S/C11H10BrNS.C11H10NS.C9H6BrNO2S.3C4H9.Sn/c1-7-3-4-9(5-8(7)2)11-13-6-10(12)14-11;1-8-3-4-10(7-9(8)2)11-12-5-6-13-11;10-8-4-11-9(14-8)5-1-2-6(12)7(13)3-5;3*1-3-4-2;/h3-6H,1-2H3;3-5,7H,1-2H3;1-4,12-13H;3*1,3-4H2,2H3;. The van der Waals surface area contributed by atoms with Gasteiger partial charge < -0.3 is 10.2 Å². The van der Waals surface area contributed by atoms with Gasteiger partial charge in [-0.3, -0.25) is 0 Å². The van der Waals surface area contributed by atoms with Crippen molar-refractivity contribution >= 4 is 87.1 Å². The summed E-state index contributed by atoms with van der Waals surface area (Å²) in [6, 6.07) is 17.9. The van der Waals surface area contributed by atoms with E-state index in [9.17, 15) is 5.11 Å². The SMILES string of the molecule is CCC[CH2][Sn]([CH2]CCC)([CH2]CCC)[c]1cnc(-c2ccc(C)c(C)c2)s1.Cc1ccc(-c2ncc(Br)s2)cc1C.Oc1ccc(-c2ncc(Br)s2)cc1O. The Morgan fingerprint density at radius 1 is 0.519 bits per heavy atom. The van der Waals surface area contributed by atoms with Crippen LogP contribution in [0.4, 0.5) is 0 Å². The van der Waals surface area contributed by atoms with Crippen LogP contribution < -0.4 is 2.89 Å². The molecular formula is C43H53Br2N3O2S3Sn. The number of hydrogen-bond donors (Lipinski definition) is 2. The second-order valence-electron chi connectivity index (χ2n) is 13.9. The minimum absolute atomic E-state index is 0.121. The Bertz CT molecular complexity index is 1970. The van der Waals surface area contributed by atoms with Crippen molar-refractivity contribution in [3.05, 3.63) is 103 Å². The number of halogens is 2. The summed E-state index contributed by atoms with van der Waals surface area (Å²) in [6.45, 7) is 15.7. The molecule has 0 amide bonds. The van der Waals surface area contributed by atoms with Crippen LogP contribution in [0.25, 0.3) is 31.7 Å². The monoisotopic (exact) mass is 1020 g/mol. The van der Waals surface area contributed by atoms with Gasteiger partial charge in [-0.1, -0.05) is 12.1 Å². The number of aryl methyl sites for hydroxylation is 4. The second-order valence-corrected chi connectivity index (χ2v) is 33.9. The smallest absolute Gasteiger partial charge is 0.158 e. The zero-order valence-corrected chi connectivity index (χ0v) is 41.0. The predicted octanol–water partition coefficient (Wildman–Crippen LogP) is 14.7. The van der Waals surface area contributed by atoms with E-state index in [0.29, 0.717) is 0 Å². The van der Waals surface area contributed by atoms with Crippen LogP contribution in [0.15, 0.2) is 80.8 Å². The van der Waals surface area contributed by atoms with Gasteiger partial charge in [-0.15, -0.1) is 22.7 Å².